The Labute approximate surface area is 133 Å². The van der Waals surface area contributed by atoms with Crippen molar-refractivity contribution < 1.29 is 14.6 Å². The number of fused-ring (bicyclic) bond motifs is 3. The molecule has 2 atom stereocenters. The van der Waals surface area contributed by atoms with Crippen LogP contribution in [0.1, 0.15) is 22.8 Å². The van der Waals surface area contributed by atoms with Crippen molar-refractivity contribution in [3.8, 4) is 0 Å². The molecule has 1 aliphatic carbocycles. The number of ether oxygens (including phenoxy) is 1. The van der Waals surface area contributed by atoms with E-state index in [2.05, 4.69) is 4.99 Å². The minimum Gasteiger partial charge on any atom is -0.515 e. The van der Waals surface area contributed by atoms with Gasteiger partial charge in [0.05, 0.1) is 17.5 Å². The molecule has 0 aromatic heterocycles. The molecule has 4 heteroatoms. The maximum Gasteiger partial charge on any atom is 0.338 e. The molecule has 1 fully saturated rings. The second-order valence-electron chi connectivity index (χ2n) is 5.77. The van der Waals surface area contributed by atoms with Gasteiger partial charge in [-0.2, -0.15) is 0 Å². The predicted octanol–water partition coefficient (Wildman–Crippen LogP) is 3.65. The lowest BCUT2D eigenvalue weighted by atomic mass is 9.98. The number of aliphatic hydroxyl groups is 1. The minimum absolute atomic E-state index is 0.0872. The highest BCUT2D eigenvalue weighted by atomic mass is 16.6. The van der Waals surface area contributed by atoms with E-state index in [1.807, 2.05) is 54.7 Å². The molecule has 1 saturated heterocycles. The summed E-state index contributed by atoms with van der Waals surface area (Å²) in [4.78, 5) is 16.2. The molecule has 2 aromatic rings. The Morgan fingerprint density at radius 2 is 2.00 bits per heavy atom. The fourth-order valence-electron chi connectivity index (χ4n) is 3.26. The Morgan fingerprint density at radius 3 is 2.78 bits per heavy atom. The summed E-state index contributed by atoms with van der Waals surface area (Å²) >= 11 is 0. The highest BCUT2D eigenvalue weighted by Gasteiger charge is 2.46. The molecule has 0 spiro atoms. The Kier molecular flexibility index (Phi) is 3.23. The quantitative estimate of drug-likeness (QED) is 0.399. The number of carbonyl (C=O) groups excluding carboxylic acids is 1. The van der Waals surface area contributed by atoms with Gasteiger partial charge in [-0.15, -0.1) is 0 Å². The predicted molar refractivity (Wildman–Crippen MR) is 86.9 cm³/mol. The van der Waals surface area contributed by atoms with Crippen molar-refractivity contribution >= 4 is 17.9 Å². The van der Waals surface area contributed by atoms with Gasteiger partial charge in [0.25, 0.3) is 0 Å². The topological polar surface area (TPSA) is 58.9 Å². The minimum atomic E-state index is -0.425. The van der Waals surface area contributed by atoms with E-state index >= 15 is 0 Å². The lowest BCUT2D eigenvalue weighted by Gasteiger charge is -2.08. The SMILES string of the molecule is O=C1OC2c3cc(N=Cc4ccccc4)ccc3CC2/C1=C\O. The van der Waals surface area contributed by atoms with Crippen molar-refractivity contribution in [3.63, 3.8) is 0 Å². The number of esters is 1. The van der Waals surface area contributed by atoms with Gasteiger partial charge < -0.3 is 9.84 Å². The molecule has 4 rings (SSSR count). The summed E-state index contributed by atoms with van der Waals surface area (Å²) in [5.74, 6) is -0.512. The van der Waals surface area contributed by atoms with Gasteiger partial charge in [0.15, 0.2) is 0 Å². The van der Waals surface area contributed by atoms with Crippen LogP contribution in [0.2, 0.25) is 0 Å². The van der Waals surface area contributed by atoms with E-state index < -0.39 is 5.97 Å². The fraction of sp³-hybridized carbons (Fsp3) is 0.158. The van der Waals surface area contributed by atoms with Crippen LogP contribution in [-0.4, -0.2) is 17.3 Å². The lowest BCUT2D eigenvalue weighted by molar-refractivity contribution is -0.139. The largest absolute Gasteiger partial charge is 0.515 e. The first-order chi connectivity index (χ1) is 11.3. The first kappa shape index (κ1) is 13.8. The van der Waals surface area contributed by atoms with Gasteiger partial charge in [-0.1, -0.05) is 36.4 Å². The van der Waals surface area contributed by atoms with Gasteiger partial charge in [0, 0.05) is 12.1 Å². The van der Waals surface area contributed by atoms with Crippen LogP contribution in [0.3, 0.4) is 0 Å². The number of aliphatic imine (C=N–C) groups is 1. The summed E-state index contributed by atoms with van der Waals surface area (Å²) in [6, 6.07) is 15.8. The van der Waals surface area contributed by atoms with Gasteiger partial charge in [-0.05, 0) is 35.2 Å². The average Bonchev–Trinajstić information content (AvgIpc) is 3.08. The van der Waals surface area contributed by atoms with Crippen LogP contribution in [0.5, 0.6) is 0 Å². The van der Waals surface area contributed by atoms with Gasteiger partial charge in [0.1, 0.15) is 6.10 Å². The molecule has 23 heavy (non-hydrogen) atoms. The standard InChI is InChI=1S/C19H15NO3/c21-11-17-16-8-13-6-7-14(9-15(13)18(16)23-19(17)22)20-10-12-4-2-1-3-5-12/h1-7,9-11,16,18,21H,8H2/b17-11+,20-10?. The van der Waals surface area contributed by atoms with Gasteiger partial charge in [-0.25, -0.2) is 4.79 Å². The highest BCUT2D eigenvalue weighted by Crippen LogP contribution is 2.48. The number of rotatable bonds is 2. The van der Waals surface area contributed by atoms with Crippen LogP contribution in [0.15, 0.2) is 65.4 Å². The molecular weight excluding hydrogens is 290 g/mol. The average molecular weight is 305 g/mol. The third-order valence-electron chi connectivity index (χ3n) is 4.41. The lowest BCUT2D eigenvalue weighted by Crippen LogP contribution is -2.03. The first-order valence-corrected chi connectivity index (χ1v) is 7.53. The first-order valence-electron chi connectivity index (χ1n) is 7.53. The number of hydrogen-bond acceptors (Lipinski definition) is 4. The number of carbonyl (C=O) groups is 1. The summed E-state index contributed by atoms with van der Waals surface area (Å²) < 4.78 is 5.41. The monoisotopic (exact) mass is 305 g/mol. The van der Waals surface area contributed by atoms with E-state index in [1.54, 1.807) is 0 Å². The number of benzene rings is 2. The summed E-state index contributed by atoms with van der Waals surface area (Å²) in [5.41, 5.74) is 4.35. The van der Waals surface area contributed by atoms with Crippen LogP contribution in [0.4, 0.5) is 5.69 Å². The van der Waals surface area contributed by atoms with E-state index in [0.29, 0.717) is 12.0 Å². The summed E-state index contributed by atoms with van der Waals surface area (Å²) in [5, 5.41) is 9.24. The van der Waals surface area contributed by atoms with Gasteiger partial charge in [0.2, 0.25) is 0 Å². The van der Waals surface area contributed by atoms with Crippen molar-refractivity contribution in [2.75, 3.05) is 0 Å². The molecule has 1 heterocycles. The molecule has 1 N–H and O–H groups in total. The van der Waals surface area contributed by atoms with E-state index in [1.165, 1.54) is 0 Å². The molecule has 0 bridgehead atoms. The normalized spacial score (nSPS) is 24.0. The van der Waals surface area contributed by atoms with Crippen LogP contribution >= 0.6 is 0 Å². The van der Waals surface area contributed by atoms with Crippen molar-refractivity contribution in [1.82, 2.24) is 0 Å². The molecule has 0 amide bonds. The molecule has 114 valence electrons. The Hall–Kier alpha value is -2.88. The van der Waals surface area contributed by atoms with Crippen molar-refractivity contribution in [2.45, 2.75) is 12.5 Å². The number of nitrogens with zero attached hydrogens (tertiary/aromatic N) is 1. The number of hydrogen-bond donors (Lipinski definition) is 1. The third kappa shape index (κ3) is 2.32. The Balaban J connectivity index is 1.64. The maximum absolute atomic E-state index is 11.7. The number of aliphatic hydroxyl groups excluding tert-OH is 1. The summed E-state index contributed by atoms with van der Waals surface area (Å²) in [7, 11) is 0. The zero-order chi connectivity index (χ0) is 15.8. The molecule has 1 aliphatic heterocycles. The van der Waals surface area contributed by atoms with Crippen LogP contribution in [0, 0.1) is 5.92 Å². The zero-order valence-corrected chi connectivity index (χ0v) is 12.3. The van der Waals surface area contributed by atoms with E-state index in [0.717, 1.165) is 28.6 Å². The Bertz CT molecular complexity index is 824. The van der Waals surface area contributed by atoms with Crippen molar-refractivity contribution in [1.29, 1.82) is 0 Å². The molecule has 0 radical (unpaired) electrons. The molecule has 2 unspecified atom stereocenters. The molecule has 2 aliphatic rings. The molecule has 2 aromatic carbocycles. The maximum atomic E-state index is 11.7. The van der Waals surface area contributed by atoms with E-state index in [9.17, 15) is 9.90 Å². The third-order valence-corrected chi connectivity index (χ3v) is 4.41. The summed E-state index contributed by atoms with van der Waals surface area (Å²) in [6.45, 7) is 0. The van der Waals surface area contributed by atoms with Gasteiger partial charge >= 0.3 is 5.97 Å². The second kappa shape index (κ2) is 5.39. The van der Waals surface area contributed by atoms with Crippen LogP contribution in [0.25, 0.3) is 0 Å². The fourth-order valence-corrected chi connectivity index (χ4v) is 3.26. The van der Waals surface area contributed by atoms with Crippen LogP contribution in [-0.2, 0) is 16.0 Å². The van der Waals surface area contributed by atoms with Gasteiger partial charge in [-0.3, -0.25) is 4.99 Å². The smallest absolute Gasteiger partial charge is 0.338 e. The van der Waals surface area contributed by atoms with Crippen LogP contribution < -0.4 is 0 Å². The van der Waals surface area contributed by atoms with Crippen molar-refractivity contribution in [2.24, 2.45) is 10.9 Å². The van der Waals surface area contributed by atoms with E-state index in [4.69, 9.17) is 4.74 Å². The molecular formula is C19H15NO3. The molecule has 0 saturated carbocycles. The molecule has 4 nitrogen and oxygen atoms in total. The summed E-state index contributed by atoms with van der Waals surface area (Å²) in [6.07, 6.45) is 3.10. The van der Waals surface area contributed by atoms with E-state index in [-0.39, 0.29) is 12.0 Å². The zero-order valence-electron chi connectivity index (χ0n) is 12.3. The van der Waals surface area contributed by atoms with Crippen molar-refractivity contribution in [3.05, 3.63) is 77.1 Å². The second-order valence-corrected chi connectivity index (χ2v) is 5.77. The highest BCUT2D eigenvalue weighted by molar-refractivity contribution is 5.92. The Morgan fingerprint density at radius 1 is 1.17 bits per heavy atom.